The fraction of sp³-hybridized carbons (Fsp3) is 0.833. The largest absolute Gasteiger partial charge is 0.379 e. The predicted octanol–water partition coefficient (Wildman–Crippen LogP) is -0.101. The Morgan fingerprint density at radius 2 is 2.06 bits per heavy atom. The first kappa shape index (κ1) is 12.5. The molecule has 5 heteroatoms. The molecule has 0 aromatic heterocycles. The SMILES string of the molecule is CC1COCCN1CC(=O)N1CCC(=O)CC1. The minimum absolute atomic E-state index is 0.145. The van der Waals surface area contributed by atoms with Crippen LogP contribution >= 0.6 is 0 Å². The Morgan fingerprint density at radius 3 is 2.71 bits per heavy atom. The molecule has 2 fully saturated rings. The van der Waals surface area contributed by atoms with Crippen LogP contribution in [-0.2, 0) is 14.3 Å². The summed E-state index contributed by atoms with van der Waals surface area (Å²) in [6, 6.07) is 0.305. The lowest BCUT2D eigenvalue weighted by Crippen LogP contribution is -2.50. The van der Waals surface area contributed by atoms with Crippen molar-refractivity contribution in [2.45, 2.75) is 25.8 Å². The fourth-order valence-corrected chi connectivity index (χ4v) is 2.28. The van der Waals surface area contributed by atoms with E-state index in [1.807, 2.05) is 4.90 Å². The van der Waals surface area contributed by atoms with Gasteiger partial charge >= 0.3 is 0 Å². The molecule has 2 saturated heterocycles. The first-order valence-corrected chi connectivity index (χ1v) is 6.28. The summed E-state index contributed by atoms with van der Waals surface area (Å²) < 4.78 is 5.34. The third-order valence-electron chi connectivity index (χ3n) is 3.52. The van der Waals surface area contributed by atoms with Gasteiger partial charge in [-0.15, -0.1) is 0 Å². The minimum Gasteiger partial charge on any atom is -0.379 e. The fourth-order valence-electron chi connectivity index (χ4n) is 2.28. The summed E-state index contributed by atoms with van der Waals surface area (Å²) in [6.07, 6.45) is 1.04. The van der Waals surface area contributed by atoms with Gasteiger partial charge in [0, 0.05) is 38.5 Å². The Hall–Kier alpha value is -0.940. The number of nitrogens with zero attached hydrogens (tertiary/aromatic N) is 2. The highest BCUT2D eigenvalue weighted by Gasteiger charge is 2.25. The third kappa shape index (κ3) is 3.26. The predicted molar refractivity (Wildman–Crippen MR) is 62.7 cm³/mol. The van der Waals surface area contributed by atoms with Gasteiger partial charge in [-0.25, -0.2) is 0 Å². The van der Waals surface area contributed by atoms with Crippen molar-refractivity contribution < 1.29 is 14.3 Å². The van der Waals surface area contributed by atoms with E-state index >= 15 is 0 Å². The van der Waals surface area contributed by atoms with Crippen molar-refractivity contribution >= 4 is 11.7 Å². The number of hydrogen-bond donors (Lipinski definition) is 0. The molecule has 0 aliphatic carbocycles. The molecule has 0 aromatic carbocycles. The molecule has 0 bridgehead atoms. The summed E-state index contributed by atoms with van der Waals surface area (Å²) in [4.78, 5) is 27.1. The van der Waals surface area contributed by atoms with Gasteiger partial charge < -0.3 is 9.64 Å². The molecule has 96 valence electrons. The molecule has 5 nitrogen and oxygen atoms in total. The maximum absolute atomic E-state index is 12.1. The number of hydrogen-bond acceptors (Lipinski definition) is 4. The molecule has 0 aromatic rings. The average Bonchev–Trinajstić information content (AvgIpc) is 2.33. The molecule has 1 amide bonds. The van der Waals surface area contributed by atoms with Gasteiger partial charge in [0.15, 0.2) is 0 Å². The van der Waals surface area contributed by atoms with Gasteiger partial charge in [0.1, 0.15) is 5.78 Å². The van der Waals surface area contributed by atoms with E-state index in [0.29, 0.717) is 51.7 Å². The zero-order valence-electron chi connectivity index (χ0n) is 10.4. The normalized spacial score (nSPS) is 27.2. The Morgan fingerprint density at radius 1 is 1.35 bits per heavy atom. The maximum Gasteiger partial charge on any atom is 0.236 e. The van der Waals surface area contributed by atoms with Crippen LogP contribution in [0.5, 0.6) is 0 Å². The molecule has 2 heterocycles. The van der Waals surface area contributed by atoms with Crippen LogP contribution in [0.2, 0.25) is 0 Å². The van der Waals surface area contributed by atoms with Gasteiger partial charge in [0.25, 0.3) is 0 Å². The minimum atomic E-state index is 0.145. The zero-order valence-corrected chi connectivity index (χ0v) is 10.4. The number of ketones is 1. The second-order valence-electron chi connectivity index (χ2n) is 4.81. The Balaban J connectivity index is 1.81. The number of piperidine rings is 1. The smallest absolute Gasteiger partial charge is 0.236 e. The van der Waals surface area contributed by atoms with Crippen LogP contribution in [0.4, 0.5) is 0 Å². The second-order valence-corrected chi connectivity index (χ2v) is 4.81. The summed E-state index contributed by atoms with van der Waals surface area (Å²) in [6.45, 7) is 5.94. The number of rotatable bonds is 2. The van der Waals surface area contributed by atoms with Crippen molar-refractivity contribution in [1.29, 1.82) is 0 Å². The quantitative estimate of drug-likeness (QED) is 0.676. The first-order valence-electron chi connectivity index (χ1n) is 6.28. The molecule has 2 aliphatic heterocycles. The molecule has 0 N–H and O–H groups in total. The number of morpholine rings is 1. The van der Waals surface area contributed by atoms with Crippen molar-refractivity contribution in [2.24, 2.45) is 0 Å². The van der Waals surface area contributed by atoms with Crippen LogP contribution in [-0.4, -0.2) is 66.9 Å². The molecule has 2 rings (SSSR count). The Bertz CT molecular complexity index is 296. The Labute approximate surface area is 102 Å². The van der Waals surface area contributed by atoms with Crippen molar-refractivity contribution in [3.05, 3.63) is 0 Å². The van der Waals surface area contributed by atoms with Crippen LogP contribution in [0.1, 0.15) is 19.8 Å². The van der Waals surface area contributed by atoms with Crippen LogP contribution < -0.4 is 0 Å². The number of Topliss-reactive ketones (excluding diaryl/α,β-unsaturated/α-hetero) is 1. The topological polar surface area (TPSA) is 49.9 Å². The van der Waals surface area contributed by atoms with E-state index in [9.17, 15) is 9.59 Å². The van der Waals surface area contributed by atoms with E-state index in [2.05, 4.69) is 11.8 Å². The average molecular weight is 240 g/mol. The van der Waals surface area contributed by atoms with E-state index in [1.165, 1.54) is 0 Å². The molecule has 0 radical (unpaired) electrons. The van der Waals surface area contributed by atoms with Crippen LogP contribution in [0, 0.1) is 0 Å². The Kier molecular flexibility index (Phi) is 4.12. The van der Waals surface area contributed by atoms with Crippen molar-refractivity contribution in [3.8, 4) is 0 Å². The lowest BCUT2D eigenvalue weighted by molar-refractivity contribution is -0.137. The molecule has 0 spiro atoms. The van der Waals surface area contributed by atoms with Gasteiger partial charge in [-0.2, -0.15) is 0 Å². The zero-order chi connectivity index (χ0) is 12.3. The molecule has 1 atom stereocenters. The number of carbonyl (C=O) groups excluding carboxylic acids is 2. The van der Waals surface area contributed by atoms with Crippen molar-refractivity contribution in [2.75, 3.05) is 39.4 Å². The summed E-state index contributed by atoms with van der Waals surface area (Å²) in [5.74, 6) is 0.417. The van der Waals surface area contributed by atoms with Crippen LogP contribution in [0.3, 0.4) is 0 Å². The molecular weight excluding hydrogens is 220 g/mol. The van der Waals surface area contributed by atoms with E-state index in [-0.39, 0.29) is 11.7 Å². The summed E-state index contributed by atoms with van der Waals surface area (Å²) >= 11 is 0. The maximum atomic E-state index is 12.1. The van der Waals surface area contributed by atoms with Gasteiger partial charge in [-0.1, -0.05) is 0 Å². The van der Waals surface area contributed by atoms with Crippen molar-refractivity contribution in [1.82, 2.24) is 9.80 Å². The van der Waals surface area contributed by atoms with Crippen LogP contribution in [0.15, 0.2) is 0 Å². The highest BCUT2D eigenvalue weighted by molar-refractivity contribution is 5.84. The number of amides is 1. The van der Waals surface area contributed by atoms with Gasteiger partial charge in [0.2, 0.25) is 5.91 Å². The van der Waals surface area contributed by atoms with Crippen LogP contribution in [0.25, 0.3) is 0 Å². The van der Waals surface area contributed by atoms with E-state index in [0.717, 1.165) is 6.54 Å². The number of ether oxygens (including phenoxy) is 1. The lowest BCUT2D eigenvalue weighted by atomic mass is 10.1. The highest BCUT2D eigenvalue weighted by atomic mass is 16.5. The highest BCUT2D eigenvalue weighted by Crippen LogP contribution is 2.10. The number of likely N-dealkylation sites (tertiary alicyclic amines) is 1. The van der Waals surface area contributed by atoms with E-state index in [1.54, 1.807) is 0 Å². The third-order valence-corrected chi connectivity index (χ3v) is 3.52. The van der Waals surface area contributed by atoms with E-state index < -0.39 is 0 Å². The van der Waals surface area contributed by atoms with Crippen molar-refractivity contribution in [3.63, 3.8) is 0 Å². The first-order chi connectivity index (χ1) is 8.16. The number of carbonyl (C=O) groups is 2. The van der Waals surface area contributed by atoms with Gasteiger partial charge in [0.05, 0.1) is 19.8 Å². The summed E-state index contributed by atoms with van der Waals surface area (Å²) in [7, 11) is 0. The lowest BCUT2D eigenvalue weighted by Gasteiger charge is -2.35. The van der Waals surface area contributed by atoms with Gasteiger partial charge in [-0.05, 0) is 6.92 Å². The monoisotopic (exact) mass is 240 g/mol. The molecular formula is C12H20N2O3. The standard InChI is InChI=1S/C12H20N2O3/c1-10-9-17-7-6-14(10)8-12(16)13-4-2-11(15)3-5-13/h10H,2-9H2,1H3. The summed E-state index contributed by atoms with van der Waals surface area (Å²) in [5.41, 5.74) is 0. The van der Waals surface area contributed by atoms with E-state index in [4.69, 9.17) is 4.74 Å². The van der Waals surface area contributed by atoms with Gasteiger partial charge in [-0.3, -0.25) is 14.5 Å². The molecule has 2 aliphatic rings. The molecule has 17 heavy (non-hydrogen) atoms. The second kappa shape index (κ2) is 5.60. The molecule has 0 saturated carbocycles. The molecule has 1 unspecified atom stereocenters. The summed E-state index contributed by atoms with van der Waals surface area (Å²) in [5, 5.41) is 0.